The third kappa shape index (κ3) is 4.12. The molecule has 3 nitrogen and oxygen atoms in total. The molecule has 0 spiro atoms. The second-order valence-corrected chi connectivity index (χ2v) is 4.65. The van der Waals surface area contributed by atoms with E-state index in [1.807, 2.05) is 45.9 Å². The minimum Gasteiger partial charge on any atom is -0.462 e. The molecule has 20 heavy (non-hydrogen) atoms. The monoisotopic (exact) mass is 276 g/mol. The van der Waals surface area contributed by atoms with Crippen LogP contribution in [0, 0.1) is 6.92 Å². The maximum absolute atomic E-state index is 12.0. The van der Waals surface area contributed by atoms with Gasteiger partial charge in [0.1, 0.15) is 5.58 Å². The molecule has 110 valence electrons. The fourth-order valence-corrected chi connectivity index (χ4v) is 1.97. The Morgan fingerprint density at radius 1 is 1.25 bits per heavy atom. The van der Waals surface area contributed by atoms with E-state index >= 15 is 0 Å². The van der Waals surface area contributed by atoms with Crippen LogP contribution < -0.4 is 10.2 Å². The molecule has 1 atom stereocenters. The highest BCUT2D eigenvalue weighted by Gasteiger charge is 2.09. The lowest BCUT2D eigenvalue weighted by Crippen LogP contribution is -2.12. The van der Waals surface area contributed by atoms with Gasteiger partial charge in [0.15, 0.2) is 5.43 Å². The van der Waals surface area contributed by atoms with Gasteiger partial charge in [-0.05, 0) is 32.4 Å². The van der Waals surface area contributed by atoms with Crippen molar-refractivity contribution in [3.8, 4) is 5.95 Å². The van der Waals surface area contributed by atoms with Crippen LogP contribution in [0.3, 0.4) is 0 Å². The molecule has 0 aliphatic carbocycles. The summed E-state index contributed by atoms with van der Waals surface area (Å²) in [5, 5.41) is 0.602. The highest BCUT2D eigenvalue weighted by Crippen LogP contribution is 2.20. The van der Waals surface area contributed by atoms with Crippen LogP contribution in [0.1, 0.15) is 46.1 Å². The number of rotatable bonds is 4. The summed E-state index contributed by atoms with van der Waals surface area (Å²) in [5.41, 5.74) is 1.56. The Bertz CT molecular complexity index is 599. The standard InChI is InChI=1S/C15H18O3.C2H6/c1-4-5-11(3)17-15-9-13(16)12-8-10(2)6-7-14(12)18-15;1-2/h6-9,11H,4-5H2,1-3H3;1-2H3. The molecule has 1 aromatic heterocycles. The number of benzene rings is 1. The van der Waals surface area contributed by atoms with Crippen LogP contribution in [0.15, 0.2) is 33.5 Å². The topological polar surface area (TPSA) is 39.4 Å². The zero-order valence-corrected chi connectivity index (χ0v) is 13.0. The smallest absolute Gasteiger partial charge is 0.288 e. The largest absolute Gasteiger partial charge is 0.462 e. The van der Waals surface area contributed by atoms with Crippen molar-refractivity contribution < 1.29 is 9.15 Å². The van der Waals surface area contributed by atoms with Crippen LogP contribution in [0.25, 0.3) is 11.0 Å². The van der Waals surface area contributed by atoms with Crippen LogP contribution >= 0.6 is 0 Å². The Morgan fingerprint density at radius 2 is 1.95 bits per heavy atom. The average molecular weight is 276 g/mol. The van der Waals surface area contributed by atoms with E-state index < -0.39 is 0 Å². The molecule has 0 bridgehead atoms. The normalized spacial score (nSPS) is 11.7. The Labute approximate surface area is 120 Å². The van der Waals surface area contributed by atoms with Crippen molar-refractivity contribution in [3.63, 3.8) is 0 Å². The fourth-order valence-electron chi connectivity index (χ4n) is 1.97. The Hall–Kier alpha value is -1.77. The minimum atomic E-state index is -0.0568. The SMILES string of the molecule is CC.CCCC(C)Oc1cc(=O)c2cc(C)ccc2o1. The van der Waals surface area contributed by atoms with Gasteiger partial charge in [-0.15, -0.1) is 0 Å². The van der Waals surface area contributed by atoms with Crippen LogP contribution in [-0.2, 0) is 0 Å². The summed E-state index contributed by atoms with van der Waals surface area (Å²) in [6, 6.07) is 6.99. The summed E-state index contributed by atoms with van der Waals surface area (Å²) in [7, 11) is 0. The maximum atomic E-state index is 12.0. The van der Waals surface area contributed by atoms with E-state index in [1.54, 1.807) is 0 Å². The highest BCUT2D eigenvalue weighted by molar-refractivity contribution is 5.77. The second-order valence-electron chi connectivity index (χ2n) is 4.65. The molecule has 0 aliphatic heterocycles. The molecule has 0 aliphatic rings. The van der Waals surface area contributed by atoms with E-state index in [1.165, 1.54) is 6.07 Å². The molecular weight excluding hydrogens is 252 g/mol. The molecule has 2 rings (SSSR count). The molecule has 0 saturated carbocycles. The lowest BCUT2D eigenvalue weighted by molar-refractivity contribution is 0.164. The zero-order valence-electron chi connectivity index (χ0n) is 13.0. The van der Waals surface area contributed by atoms with Gasteiger partial charge in [-0.1, -0.05) is 38.8 Å². The molecule has 1 unspecified atom stereocenters. The number of aryl methyl sites for hydroxylation is 1. The van der Waals surface area contributed by atoms with Crippen LogP contribution in [0.5, 0.6) is 5.95 Å². The Balaban J connectivity index is 0.000000956. The van der Waals surface area contributed by atoms with E-state index in [2.05, 4.69) is 6.92 Å². The van der Waals surface area contributed by atoms with Gasteiger partial charge in [-0.2, -0.15) is 0 Å². The summed E-state index contributed by atoms with van der Waals surface area (Å²) >= 11 is 0. The first-order valence-electron chi connectivity index (χ1n) is 7.31. The Kier molecular flexibility index (Phi) is 6.29. The quantitative estimate of drug-likeness (QED) is 0.813. The lowest BCUT2D eigenvalue weighted by Gasteiger charge is -2.12. The van der Waals surface area contributed by atoms with Gasteiger partial charge in [0.05, 0.1) is 17.6 Å². The lowest BCUT2D eigenvalue weighted by atomic mass is 10.1. The van der Waals surface area contributed by atoms with Crippen molar-refractivity contribution in [2.24, 2.45) is 0 Å². The first kappa shape index (κ1) is 16.3. The number of hydrogen-bond donors (Lipinski definition) is 0. The van der Waals surface area contributed by atoms with Crippen molar-refractivity contribution in [3.05, 3.63) is 40.1 Å². The van der Waals surface area contributed by atoms with Crippen molar-refractivity contribution >= 4 is 11.0 Å². The van der Waals surface area contributed by atoms with Crippen molar-refractivity contribution in [1.29, 1.82) is 0 Å². The molecule has 1 heterocycles. The predicted octanol–water partition coefficient (Wildman–Crippen LogP) is 4.70. The summed E-state index contributed by atoms with van der Waals surface area (Å²) in [6.45, 7) is 10.0. The molecule has 2 aromatic rings. The van der Waals surface area contributed by atoms with Crippen molar-refractivity contribution in [2.75, 3.05) is 0 Å². The van der Waals surface area contributed by atoms with E-state index in [4.69, 9.17) is 9.15 Å². The zero-order chi connectivity index (χ0) is 15.1. The third-order valence-electron chi connectivity index (χ3n) is 2.87. The second kappa shape index (κ2) is 7.73. The Morgan fingerprint density at radius 3 is 2.60 bits per heavy atom. The highest BCUT2D eigenvalue weighted by atomic mass is 16.6. The van der Waals surface area contributed by atoms with Gasteiger partial charge in [0.25, 0.3) is 5.95 Å². The molecular formula is C17H24O3. The number of hydrogen-bond acceptors (Lipinski definition) is 3. The van der Waals surface area contributed by atoms with Crippen molar-refractivity contribution in [2.45, 2.75) is 53.6 Å². The number of fused-ring (bicyclic) bond motifs is 1. The molecule has 0 amide bonds. The minimum absolute atomic E-state index is 0.0565. The van der Waals surface area contributed by atoms with Crippen LogP contribution in [-0.4, -0.2) is 6.10 Å². The molecule has 0 fully saturated rings. The maximum Gasteiger partial charge on any atom is 0.288 e. The van der Waals surface area contributed by atoms with Gasteiger partial charge < -0.3 is 9.15 Å². The first-order valence-corrected chi connectivity index (χ1v) is 7.31. The first-order chi connectivity index (χ1) is 9.60. The number of ether oxygens (including phenoxy) is 1. The van der Waals surface area contributed by atoms with Gasteiger partial charge >= 0.3 is 0 Å². The molecule has 0 N–H and O–H groups in total. The van der Waals surface area contributed by atoms with Gasteiger partial charge in [0.2, 0.25) is 0 Å². The van der Waals surface area contributed by atoms with E-state index in [-0.39, 0.29) is 11.5 Å². The summed E-state index contributed by atoms with van der Waals surface area (Å²) in [5.74, 6) is 0.303. The fraction of sp³-hybridized carbons (Fsp3) is 0.471. The molecule has 3 heteroatoms. The molecule has 0 radical (unpaired) electrons. The van der Waals surface area contributed by atoms with E-state index in [0.29, 0.717) is 16.9 Å². The third-order valence-corrected chi connectivity index (χ3v) is 2.87. The summed E-state index contributed by atoms with van der Waals surface area (Å²) < 4.78 is 11.2. The van der Waals surface area contributed by atoms with Crippen LogP contribution in [0.4, 0.5) is 0 Å². The predicted molar refractivity (Wildman–Crippen MR) is 83.6 cm³/mol. The molecule has 1 aromatic carbocycles. The van der Waals surface area contributed by atoms with Gasteiger partial charge in [-0.3, -0.25) is 4.79 Å². The summed E-state index contributed by atoms with van der Waals surface area (Å²) in [4.78, 5) is 12.0. The van der Waals surface area contributed by atoms with Gasteiger partial charge in [0, 0.05) is 0 Å². The van der Waals surface area contributed by atoms with E-state index in [9.17, 15) is 4.79 Å². The van der Waals surface area contributed by atoms with Gasteiger partial charge in [-0.25, -0.2) is 0 Å². The van der Waals surface area contributed by atoms with E-state index in [0.717, 1.165) is 18.4 Å². The van der Waals surface area contributed by atoms with Crippen LogP contribution in [0.2, 0.25) is 0 Å². The van der Waals surface area contributed by atoms with Crippen molar-refractivity contribution in [1.82, 2.24) is 0 Å². The molecule has 0 saturated heterocycles. The average Bonchev–Trinajstić information content (AvgIpc) is 2.42. The summed E-state index contributed by atoms with van der Waals surface area (Å²) in [6.07, 6.45) is 2.04.